The Morgan fingerprint density at radius 1 is 1.24 bits per heavy atom. The molecule has 0 saturated carbocycles. The molecular formula is C16H23N. The lowest BCUT2D eigenvalue weighted by atomic mass is 9.98. The van der Waals surface area contributed by atoms with Gasteiger partial charge in [-0.2, -0.15) is 0 Å². The number of rotatable bonds is 5. The highest BCUT2D eigenvalue weighted by atomic mass is 15.0. The predicted octanol–water partition coefficient (Wildman–Crippen LogP) is 4.58. The molecule has 0 radical (unpaired) electrons. The summed E-state index contributed by atoms with van der Waals surface area (Å²) >= 11 is 0. The van der Waals surface area contributed by atoms with Crippen LogP contribution >= 0.6 is 0 Å². The molecule has 0 atom stereocenters. The van der Waals surface area contributed by atoms with Gasteiger partial charge in [-0.3, -0.25) is 0 Å². The van der Waals surface area contributed by atoms with Crippen LogP contribution in [0.2, 0.25) is 0 Å². The van der Waals surface area contributed by atoms with Crippen molar-refractivity contribution in [3.63, 3.8) is 0 Å². The van der Waals surface area contributed by atoms with Crippen molar-refractivity contribution in [3.05, 3.63) is 42.3 Å². The summed E-state index contributed by atoms with van der Waals surface area (Å²) in [5.74, 6) is 0. The second-order valence-corrected chi connectivity index (χ2v) is 5.03. The fraction of sp³-hybridized carbons (Fsp3) is 0.500. The van der Waals surface area contributed by atoms with Crippen molar-refractivity contribution in [2.75, 3.05) is 0 Å². The van der Waals surface area contributed by atoms with E-state index in [-0.39, 0.29) is 0 Å². The summed E-state index contributed by atoms with van der Waals surface area (Å²) in [5.41, 5.74) is 5.59. The van der Waals surface area contributed by atoms with Gasteiger partial charge in [-0.15, -0.1) is 0 Å². The van der Waals surface area contributed by atoms with Crippen molar-refractivity contribution >= 4 is 5.70 Å². The van der Waals surface area contributed by atoms with E-state index < -0.39 is 0 Å². The van der Waals surface area contributed by atoms with Gasteiger partial charge in [0.2, 0.25) is 0 Å². The minimum absolute atomic E-state index is 1.04. The van der Waals surface area contributed by atoms with E-state index in [1.807, 2.05) is 0 Å². The molecule has 0 unspecified atom stereocenters. The second kappa shape index (κ2) is 5.39. The molecule has 17 heavy (non-hydrogen) atoms. The third-order valence-corrected chi connectivity index (χ3v) is 3.80. The maximum Gasteiger partial charge on any atom is 0.0255 e. The van der Waals surface area contributed by atoms with Crippen LogP contribution in [-0.2, 0) is 12.8 Å². The Balaban J connectivity index is 2.04. The third kappa shape index (κ3) is 2.71. The summed E-state index contributed by atoms with van der Waals surface area (Å²) in [6.45, 7) is 10.5. The van der Waals surface area contributed by atoms with E-state index in [0.29, 0.717) is 0 Å². The first-order chi connectivity index (χ1) is 8.22. The molecule has 0 fully saturated rings. The minimum Gasteiger partial charge on any atom is -0.325 e. The third-order valence-electron chi connectivity index (χ3n) is 3.80. The van der Waals surface area contributed by atoms with Crippen LogP contribution in [0.25, 0.3) is 5.70 Å². The maximum absolute atomic E-state index is 4.23. The van der Waals surface area contributed by atoms with Crippen LogP contribution in [0, 0.1) is 0 Å². The van der Waals surface area contributed by atoms with E-state index in [2.05, 4.69) is 36.9 Å². The number of hydrogen-bond acceptors (Lipinski definition) is 0. The van der Waals surface area contributed by atoms with Crippen molar-refractivity contribution in [2.45, 2.75) is 51.9 Å². The van der Waals surface area contributed by atoms with Crippen LogP contribution in [0.1, 0.15) is 50.3 Å². The highest BCUT2D eigenvalue weighted by Gasteiger charge is 2.14. The van der Waals surface area contributed by atoms with Crippen molar-refractivity contribution < 1.29 is 0 Å². The summed E-state index contributed by atoms with van der Waals surface area (Å²) in [7, 11) is 0. The highest BCUT2D eigenvalue weighted by molar-refractivity contribution is 5.47. The Bertz CT molecular complexity index is 423. The number of allylic oxidation sites excluding steroid dienone is 2. The van der Waals surface area contributed by atoms with Gasteiger partial charge in [-0.05, 0) is 56.6 Å². The van der Waals surface area contributed by atoms with Crippen molar-refractivity contribution in [1.82, 2.24) is 4.57 Å². The Hall–Kier alpha value is -1.24. The van der Waals surface area contributed by atoms with E-state index >= 15 is 0 Å². The first-order valence-corrected chi connectivity index (χ1v) is 6.76. The van der Waals surface area contributed by atoms with Crippen molar-refractivity contribution in [1.29, 1.82) is 0 Å². The maximum atomic E-state index is 4.23. The molecule has 1 heterocycles. The average molecular weight is 229 g/mol. The molecule has 0 spiro atoms. The minimum atomic E-state index is 1.04. The molecule has 92 valence electrons. The van der Waals surface area contributed by atoms with E-state index in [4.69, 9.17) is 0 Å². The smallest absolute Gasteiger partial charge is 0.0255 e. The molecule has 1 aliphatic rings. The van der Waals surface area contributed by atoms with E-state index in [1.165, 1.54) is 48.2 Å². The molecule has 1 aromatic heterocycles. The number of aryl methyl sites for hydroxylation is 1. The number of nitrogens with zero attached hydrogens (tertiary/aromatic N) is 1. The zero-order valence-electron chi connectivity index (χ0n) is 11.0. The Kier molecular flexibility index (Phi) is 3.88. The molecule has 0 N–H and O–H groups in total. The highest BCUT2D eigenvalue weighted by Crippen LogP contribution is 2.26. The van der Waals surface area contributed by atoms with Crippen LogP contribution in [0.3, 0.4) is 0 Å². The van der Waals surface area contributed by atoms with Crippen molar-refractivity contribution in [3.8, 4) is 0 Å². The van der Waals surface area contributed by atoms with Crippen LogP contribution in [-0.4, -0.2) is 4.57 Å². The number of fused-ring (bicyclic) bond motifs is 1. The van der Waals surface area contributed by atoms with E-state index in [9.17, 15) is 0 Å². The lowest BCUT2D eigenvalue weighted by Crippen LogP contribution is -2.07. The van der Waals surface area contributed by atoms with Crippen LogP contribution in [0.5, 0.6) is 0 Å². The molecule has 2 rings (SSSR count). The topological polar surface area (TPSA) is 4.93 Å². The summed E-state index contributed by atoms with van der Waals surface area (Å²) in [5, 5.41) is 0. The fourth-order valence-electron chi connectivity index (χ4n) is 2.54. The van der Waals surface area contributed by atoms with E-state index in [1.54, 1.807) is 0 Å². The quantitative estimate of drug-likeness (QED) is 0.651. The lowest BCUT2D eigenvalue weighted by molar-refractivity contribution is 0.662. The predicted molar refractivity (Wildman–Crippen MR) is 75.1 cm³/mol. The van der Waals surface area contributed by atoms with Gasteiger partial charge >= 0.3 is 0 Å². The molecule has 1 aromatic rings. The molecule has 0 bridgehead atoms. The van der Waals surface area contributed by atoms with Crippen molar-refractivity contribution in [2.24, 2.45) is 0 Å². The zero-order chi connectivity index (χ0) is 12.3. The average Bonchev–Trinajstić information content (AvgIpc) is 2.79. The summed E-state index contributed by atoms with van der Waals surface area (Å²) < 4.78 is 2.32. The van der Waals surface area contributed by atoms with Gasteiger partial charge in [0.25, 0.3) is 0 Å². The summed E-state index contributed by atoms with van der Waals surface area (Å²) in [4.78, 5) is 0. The van der Waals surface area contributed by atoms with Crippen LogP contribution in [0.4, 0.5) is 0 Å². The molecule has 0 aliphatic heterocycles. The van der Waals surface area contributed by atoms with Gasteiger partial charge in [-0.1, -0.05) is 25.7 Å². The Morgan fingerprint density at radius 3 is 2.76 bits per heavy atom. The van der Waals surface area contributed by atoms with Gasteiger partial charge < -0.3 is 4.57 Å². The first kappa shape index (κ1) is 12.2. The van der Waals surface area contributed by atoms with Gasteiger partial charge in [0.15, 0.2) is 0 Å². The van der Waals surface area contributed by atoms with Crippen LogP contribution < -0.4 is 0 Å². The zero-order valence-corrected chi connectivity index (χ0v) is 11.0. The molecular weight excluding hydrogens is 206 g/mol. The van der Waals surface area contributed by atoms with Gasteiger partial charge in [-0.25, -0.2) is 0 Å². The van der Waals surface area contributed by atoms with Gasteiger partial charge in [0, 0.05) is 17.6 Å². The monoisotopic (exact) mass is 229 g/mol. The Labute approximate surface area is 105 Å². The SMILES string of the molecule is C=C(CC)CCC(=C)n1ccc2c1CCCC2. The molecule has 0 amide bonds. The van der Waals surface area contributed by atoms with E-state index in [0.717, 1.165) is 19.3 Å². The summed E-state index contributed by atoms with van der Waals surface area (Å²) in [6, 6.07) is 2.27. The molecule has 1 heteroatoms. The molecule has 0 saturated heterocycles. The van der Waals surface area contributed by atoms with Gasteiger partial charge in [0.05, 0.1) is 0 Å². The largest absolute Gasteiger partial charge is 0.325 e. The normalized spacial score (nSPS) is 14.4. The molecule has 0 aromatic carbocycles. The fourth-order valence-corrected chi connectivity index (χ4v) is 2.54. The first-order valence-electron chi connectivity index (χ1n) is 6.76. The second-order valence-electron chi connectivity index (χ2n) is 5.03. The molecule has 1 nitrogen and oxygen atoms in total. The van der Waals surface area contributed by atoms with Gasteiger partial charge in [0.1, 0.15) is 0 Å². The molecule has 1 aliphatic carbocycles. The number of aromatic nitrogens is 1. The lowest BCUT2D eigenvalue weighted by Gasteiger charge is -2.17. The standard InChI is InChI=1S/C16H23N/c1-4-13(2)9-10-14(3)17-12-11-15-7-5-6-8-16(15)17/h11-12H,2-10H2,1H3. The number of hydrogen-bond donors (Lipinski definition) is 0. The van der Waals surface area contributed by atoms with Crippen LogP contribution in [0.15, 0.2) is 31.0 Å². The summed E-state index contributed by atoms with van der Waals surface area (Å²) in [6.07, 6.45) is 10.5. The Morgan fingerprint density at radius 2 is 2.00 bits per heavy atom.